The second kappa shape index (κ2) is 7.66. The molecule has 2 rings (SSSR count). The third-order valence-electron chi connectivity index (χ3n) is 3.52. The molecule has 1 heterocycles. The van der Waals surface area contributed by atoms with E-state index >= 15 is 0 Å². The van der Waals surface area contributed by atoms with Crippen molar-refractivity contribution < 1.29 is 4.39 Å². The van der Waals surface area contributed by atoms with E-state index < -0.39 is 0 Å². The fourth-order valence-corrected chi connectivity index (χ4v) is 2.83. The van der Waals surface area contributed by atoms with Crippen molar-refractivity contribution in [3.8, 4) is 0 Å². The molecule has 21 heavy (non-hydrogen) atoms. The minimum Gasteiger partial charge on any atom is -0.310 e. The molecule has 1 unspecified atom stereocenters. The van der Waals surface area contributed by atoms with Crippen LogP contribution in [0.1, 0.15) is 36.2 Å². The van der Waals surface area contributed by atoms with Gasteiger partial charge in [-0.2, -0.15) is 0 Å². The molecule has 0 saturated carbocycles. The molecule has 0 fully saturated rings. The fraction of sp³-hybridized carbons (Fsp3) is 0.353. The number of hydrogen-bond donors (Lipinski definition) is 1. The molecule has 2 nitrogen and oxygen atoms in total. The summed E-state index contributed by atoms with van der Waals surface area (Å²) in [6, 6.07) is 9.35. The van der Waals surface area contributed by atoms with Gasteiger partial charge in [0.25, 0.3) is 0 Å². The molecule has 2 aromatic rings. The molecule has 112 valence electrons. The van der Waals surface area contributed by atoms with Crippen molar-refractivity contribution in [1.82, 2.24) is 10.3 Å². The normalized spacial score (nSPS) is 12.4. The number of nitrogens with zero attached hydrogens (tertiary/aromatic N) is 1. The van der Waals surface area contributed by atoms with Crippen molar-refractivity contribution in [2.45, 2.75) is 32.7 Å². The highest BCUT2D eigenvalue weighted by molar-refractivity contribution is 9.10. The molecule has 0 spiro atoms. The van der Waals surface area contributed by atoms with Crippen LogP contribution in [0.2, 0.25) is 0 Å². The summed E-state index contributed by atoms with van der Waals surface area (Å²) in [6.07, 6.45) is 3.58. The Labute approximate surface area is 133 Å². The van der Waals surface area contributed by atoms with Gasteiger partial charge in [-0.1, -0.05) is 25.1 Å². The summed E-state index contributed by atoms with van der Waals surface area (Å²) >= 11 is 3.35. The lowest BCUT2D eigenvalue weighted by atomic mass is 9.97. The highest BCUT2D eigenvalue weighted by atomic mass is 79.9. The zero-order valence-corrected chi connectivity index (χ0v) is 14.0. The monoisotopic (exact) mass is 350 g/mol. The number of pyridine rings is 1. The van der Waals surface area contributed by atoms with E-state index in [-0.39, 0.29) is 11.9 Å². The number of halogens is 2. The highest BCUT2D eigenvalue weighted by Crippen LogP contribution is 2.27. The summed E-state index contributed by atoms with van der Waals surface area (Å²) in [5.74, 6) is -0.218. The topological polar surface area (TPSA) is 24.9 Å². The Morgan fingerprint density at radius 2 is 2.10 bits per heavy atom. The number of aromatic nitrogens is 1. The van der Waals surface area contributed by atoms with Crippen molar-refractivity contribution in [2.24, 2.45) is 0 Å². The summed E-state index contributed by atoms with van der Waals surface area (Å²) in [4.78, 5) is 4.36. The molecule has 0 amide bonds. The summed E-state index contributed by atoms with van der Waals surface area (Å²) in [5.41, 5.74) is 3.15. The van der Waals surface area contributed by atoms with E-state index in [2.05, 4.69) is 39.2 Å². The van der Waals surface area contributed by atoms with E-state index in [0.29, 0.717) is 4.47 Å². The first-order valence-electron chi connectivity index (χ1n) is 7.21. The van der Waals surface area contributed by atoms with Crippen LogP contribution in [-0.2, 0) is 6.42 Å². The molecule has 0 saturated heterocycles. The molecule has 0 aliphatic heterocycles. The first-order chi connectivity index (χ1) is 10.1. The van der Waals surface area contributed by atoms with Crippen LogP contribution < -0.4 is 5.32 Å². The van der Waals surface area contributed by atoms with E-state index in [4.69, 9.17) is 0 Å². The van der Waals surface area contributed by atoms with Gasteiger partial charge in [0.2, 0.25) is 0 Å². The Kier molecular flexibility index (Phi) is 5.88. The first-order valence-corrected chi connectivity index (χ1v) is 8.00. The maximum Gasteiger partial charge on any atom is 0.137 e. The average molecular weight is 351 g/mol. The molecule has 4 heteroatoms. The summed E-state index contributed by atoms with van der Waals surface area (Å²) < 4.78 is 14.2. The van der Waals surface area contributed by atoms with Gasteiger partial charge in [-0.25, -0.2) is 4.39 Å². The standard InChI is InChI=1S/C17H20BrFN2/c1-3-9-21-16(14-7-5-10-20-12(14)2)11-13-6-4-8-15(19)17(13)18/h4-8,10,16,21H,3,9,11H2,1-2H3. The molecule has 0 aliphatic rings. The highest BCUT2D eigenvalue weighted by Gasteiger charge is 2.16. The Morgan fingerprint density at radius 3 is 2.81 bits per heavy atom. The number of rotatable bonds is 6. The van der Waals surface area contributed by atoms with Gasteiger partial charge >= 0.3 is 0 Å². The molecular formula is C17H20BrFN2. The largest absolute Gasteiger partial charge is 0.310 e. The second-order valence-corrected chi connectivity index (χ2v) is 5.89. The number of nitrogens with one attached hydrogen (secondary N) is 1. The Hall–Kier alpha value is -1.26. The van der Waals surface area contributed by atoms with Crippen LogP contribution in [0.4, 0.5) is 4.39 Å². The second-order valence-electron chi connectivity index (χ2n) is 5.10. The van der Waals surface area contributed by atoms with Gasteiger partial charge < -0.3 is 5.32 Å². The van der Waals surface area contributed by atoms with Crippen molar-refractivity contribution in [2.75, 3.05) is 6.54 Å². The predicted molar refractivity (Wildman–Crippen MR) is 87.8 cm³/mol. The van der Waals surface area contributed by atoms with Crippen molar-refractivity contribution in [3.05, 3.63) is 63.6 Å². The molecule has 1 N–H and O–H groups in total. The Morgan fingerprint density at radius 1 is 1.29 bits per heavy atom. The minimum absolute atomic E-state index is 0.136. The molecule has 0 aliphatic carbocycles. The van der Waals surface area contributed by atoms with Crippen LogP contribution in [0.3, 0.4) is 0 Å². The van der Waals surface area contributed by atoms with E-state index in [1.807, 2.05) is 19.1 Å². The van der Waals surface area contributed by atoms with Gasteiger partial charge in [-0.3, -0.25) is 4.98 Å². The third kappa shape index (κ3) is 4.11. The van der Waals surface area contributed by atoms with Crippen LogP contribution >= 0.6 is 15.9 Å². The van der Waals surface area contributed by atoms with E-state index in [0.717, 1.165) is 30.6 Å². The van der Waals surface area contributed by atoms with Crippen LogP contribution in [0.5, 0.6) is 0 Å². The lowest BCUT2D eigenvalue weighted by Crippen LogP contribution is -2.25. The lowest BCUT2D eigenvalue weighted by molar-refractivity contribution is 0.522. The zero-order valence-electron chi connectivity index (χ0n) is 12.4. The van der Waals surface area contributed by atoms with Crippen LogP contribution in [0.25, 0.3) is 0 Å². The zero-order chi connectivity index (χ0) is 15.2. The van der Waals surface area contributed by atoms with Gasteiger partial charge in [0.05, 0.1) is 4.47 Å². The summed E-state index contributed by atoms with van der Waals surface area (Å²) in [5, 5.41) is 3.54. The van der Waals surface area contributed by atoms with Gasteiger partial charge in [0.1, 0.15) is 5.82 Å². The summed E-state index contributed by atoms with van der Waals surface area (Å²) in [7, 11) is 0. The maximum atomic E-state index is 13.7. The molecule has 0 bridgehead atoms. The smallest absolute Gasteiger partial charge is 0.137 e. The predicted octanol–water partition coefficient (Wildman–Crippen LogP) is 4.58. The number of aryl methyl sites for hydroxylation is 1. The van der Waals surface area contributed by atoms with Gasteiger partial charge in [-0.05, 0) is 65.5 Å². The van der Waals surface area contributed by atoms with Crippen molar-refractivity contribution in [1.29, 1.82) is 0 Å². The first kappa shape index (κ1) is 16.1. The minimum atomic E-state index is -0.218. The van der Waals surface area contributed by atoms with E-state index in [1.54, 1.807) is 12.3 Å². The van der Waals surface area contributed by atoms with E-state index in [9.17, 15) is 4.39 Å². The molecule has 1 atom stereocenters. The quantitative estimate of drug-likeness (QED) is 0.824. The Balaban J connectivity index is 2.28. The van der Waals surface area contributed by atoms with Crippen molar-refractivity contribution in [3.63, 3.8) is 0 Å². The van der Waals surface area contributed by atoms with E-state index in [1.165, 1.54) is 11.6 Å². The number of benzene rings is 1. The lowest BCUT2D eigenvalue weighted by Gasteiger charge is -2.21. The summed E-state index contributed by atoms with van der Waals surface area (Å²) in [6.45, 7) is 5.07. The van der Waals surface area contributed by atoms with Crippen molar-refractivity contribution >= 4 is 15.9 Å². The molecule has 1 aromatic carbocycles. The SMILES string of the molecule is CCCNC(Cc1cccc(F)c1Br)c1cccnc1C. The van der Waals surface area contributed by atoms with Crippen LogP contribution in [0.15, 0.2) is 41.0 Å². The molecule has 0 radical (unpaired) electrons. The van der Waals surface area contributed by atoms with Crippen LogP contribution in [-0.4, -0.2) is 11.5 Å². The van der Waals surface area contributed by atoms with Gasteiger partial charge in [-0.15, -0.1) is 0 Å². The maximum absolute atomic E-state index is 13.7. The van der Waals surface area contributed by atoms with Gasteiger partial charge in [0.15, 0.2) is 0 Å². The molecular weight excluding hydrogens is 331 g/mol. The van der Waals surface area contributed by atoms with Crippen LogP contribution in [0, 0.1) is 12.7 Å². The Bertz CT molecular complexity index is 601. The van der Waals surface area contributed by atoms with Gasteiger partial charge in [0, 0.05) is 17.9 Å². The molecule has 1 aromatic heterocycles. The number of hydrogen-bond acceptors (Lipinski definition) is 2. The average Bonchev–Trinajstić information content (AvgIpc) is 2.48. The fourth-order valence-electron chi connectivity index (χ4n) is 2.40. The third-order valence-corrected chi connectivity index (χ3v) is 4.41.